The van der Waals surface area contributed by atoms with E-state index in [0.29, 0.717) is 0 Å². The molecule has 0 aliphatic heterocycles. The van der Waals surface area contributed by atoms with Crippen LogP contribution in [0.1, 0.15) is 11.4 Å². The van der Waals surface area contributed by atoms with Crippen molar-refractivity contribution >= 4 is 0 Å². The van der Waals surface area contributed by atoms with E-state index in [0.717, 1.165) is 32.1 Å². The second-order valence-corrected chi connectivity index (χ2v) is 4.13. The zero-order chi connectivity index (χ0) is 12.6. The molecule has 0 saturated heterocycles. The minimum absolute atomic E-state index is 0.722. The van der Waals surface area contributed by atoms with E-state index in [-0.39, 0.29) is 0 Å². The molecule has 1 N–H and O–H groups in total. The molecule has 18 heavy (non-hydrogen) atoms. The van der Waals surface area contributed by atoms with Gasteiger partial charge in [0, 0.05) is 32.6 Å². The van der Waals surface area contributed by atoms with Crippen LogP contribution in [0.5, 0.6) is 0 Å². The van der Waals surface area contributed by atoms with E-state index in [4.69, 9.17) is 4.74 Å². The second kappa shape index (κ2) is 6.93. The number of benzene rings is 1. The number of ether oxygens (including phenoxy) is 1. The van der Waals surface area contributed by atoms with Crippen molar-refractivity contribution in [1.82, 2.24) is 14.9 Å². The molecule has 0 saturated carbocycles. The smallest absolute Gasteiger partial charge is 0.122 e. The van der Waals surface area contributed by atoms with E-state index < -0.39 is 0 Å². The molecule has 0 fully saturated rings. The van der Waals surface area contributed by atoms with Gasteiger partial charge in [-0.15, -0.1) is 0 Å². The monoisotopic (exact) mass is 245 g/mol. The number of hydrogen-bond donors (Lipinski definition) is 1. The average molecular weight is 245 g/mol. The van der Waals surface area contributed by atoms with Gasteiger partial charge in [-0.05, 0) is 5.56 Å². The zero-order valence-electron chi connectivity index (χ0n) is 10.7. The van der Waals surface area contributed by atoms with E-state index in [1.807, 2.05) is 18.5 Å². The normalized spacial score (nSPS) is 10.7. The first-order chi connectivity index (χ1) is 8.90. The molecule has 2 rings (SSSR count). The summed E-state index contributed by atoms with van der Waals surface area (Å²) in [5.74, 6) is 1.05. The Hall–Kier alpha value is -1.65. The zero-order valence-corrected chi connectivity index (χ0v) is 10.7. The van der Waals surface area contributed by atoms with Crippen LogP contribution < -0.4 is 5.32 Å². The van der Waals surface area contributed by atoms with E-state index in [9.17, 15) is 0 Å². The quantitative estimate of drug-likeness (QED) is 0.754. The first-order valence-electron chi connectivity index (χ1n) is 6.13. The summed E-state index contributed by atoms with van der Waals surface area (Å²) < 4.78 is 7.16. The third-order valence-electron chi connectivity index (χ3n) is 2.76. The van der Waals surface area contributed by atoms with Gasteiger partial charge in [-0.3, -0.25) is 0 Å². The molecule has 1 aromatic heterocycles. The van der Waals surface area contributed by atoms with Crippen molar-refractivity contribution in [3.63, 3.8) is 0 Å². The Balaban J connectivity index is 1.91. The van der Waals surface area contributed by atoms with Crippen LogP contribution in [0, 0.1) is 0 Å². The lowest BCUT2D eigenvalue weighted by Crippen LogP contribution is -2.21. The SMILES string of the molecule is COCCNCc1nccn1Cc1ccccc1. The maximum absolute atomic E-state index is 5.00. The van der Waals surface area contributed by atoms with Gasteiger partial charge in [0.25, 0.3) is 0 Å². The molecular formula is C14H19N3O. The third-order valence-corrected chi connectivity index (χ3v) is 2.76. The van der Waals surface area contributed by atoms with Crippen molar-refractivity contribution < 1.29 is 4.74 Å². The van der Waals surface area contributed by atoms with Crippen LogP contribution in [0.25, 0.3) is 0 Å². The van der Waals surface area contributed by atoms with E-state index in [1.54, 1.807) is 7.11 Å². The number of rotatable bonds is 7. The molecule has 4 nitrogen and oxygen atoms in total. The summed E-state index contributed by atoms with van der Waals surface area (Å²) in [5.41, 5.74) is 1.29. The molecule has 0 atom stereocenters. The van der Waals surface area contributed by atoms with Crippen molar-refractivity contribution in [2.45, 2.75) is 13.1 Å². The van der Waals surface area contributed by atoms with E-state index >= 15 is 0 Å². The van der Waals surface area contributed by atoms with Crippen molar-refractivity contribution in [3.8, 4) is 0 Å². The van der Waals surface area contributed by atoms with Gasteiger partial charge in [-0.1, -0.05) is 30.3 Å². The van der Waals surface area contributed by atoms with Gasteiger partial charge >= 0.3 is 0 Å². The van der Waals surface area contributed by atoms with Crippen LogP contribution >= 0.6 is 0 Å². The minimum Gasteiger partial charge on any atom is -0.383 e. The molecule has 0 amide bonds. The highest BCUT2D eigenvalue weighted by atomic mass is 16.5. The number of imidazole rings is 1. The predicted molar refractivity (Wildman–Crippen MR) is 71.4 cm³/mol. The van der Waals surface area contributed by atoms with Crippen LogP contribution in [0.2, 0.25) is 0 Å². The molecule has 0 aliphatic rings. The summed E-state index contributed by atoms with van der Waals surface area (Å²) in [7, 11) is 1.71. The molecule has 0 radical (unpaired) electrons. The van der Waals surface area contributed by atoms with Crippen LogP contribution in [0.3, 0.4) is 0 Å². The molecule has 96 valence electrons. The van der Waals surface area contributed by atoms with Gasteiger partial charge in [0.15, 0.2) is 0 Å². The average Bonchev–Trinajstić information content (AvgIpc) is 2.83. The fourth-order valence-electron chi connectivity index (χ4n) is 1.81. The maximum atomic E-state index is 5.00. The number of nitrogens with zero attached hydrogens (tertiary/aromatic N) is 2. The molecule has 0 aliphatic carbocycles. The van der Waals surface area contributed by atoms with Gasteiger partial charge in [0.1, 0.15) is 5.82 Å². The number of methoxy groups -OCH3 is 1. The van der Waals surface area contributed by atoms with Crippen LogP contribution in [-0.2, 0) is 17.8 Å². The summed E-state index contributed by atoms with van der Waals surface area (Å²) >= 11 is 0. The van der Waals surface area contributed by atoms with Gasteiger partial charge in [-0.2, -0.15) is 0 Å². The number of aromatic nitrogens is 2. The standard InChI is InChI=1S/C14H19N3O/c1-18-10-8-15-11-14-16-7-9-17(14)12-13-5-3-2-4-6-13/h2-7,9,15H,8,10-12H2,1H3. The summed E-state index contributed by atoms with van der Waals surface area (Å²) in [6.07, 6.45) is 3.86. The molecule has 1 heterocycles. The Morgan fingerprint density at radius 3 is 2.89 bits per heavy atom. The predicted octanol–water partition coefficient (Wildman–Crippen LogP) is 1.67. The number of nitrogens with one attached hydrogen (secondary N) is 1. The lowest BCUT2D eigenvalue weighted by Gasteiger charge is -2.08. The Morgan fingerprint density at radius 2 is 2.11 bits per heavy atom. The van der Waals surface area contributed by atoms with Crippen molar-refractivity contribution in [2.24, 2.45) is 0 Å². The largest absolute Gasteiger partial charge is 0.383 e. The highest BCUT2D eigenvalue weighted by Gasteiger charge is 2.02. The highest BCUT2D eigenvalue weighted by molar-refractivity contribution is 5.15. The first-order valence-corrected chi connectivity index (χ1v) is 6.13. The van der Waals surface area contributed by atoms with Crippen LogP contribution in [0.4, 0.5) is 0 Å². The fourth-order valence-corrected chi connectivity index (χ4v) is 1.81. The van der Waals surface area contributed by atoms with Crippen LogP contribution in [-0.4, -0.2) is 29.8 Å². The molecule has 1 aromatic carbocycles. The Kier molecular flexibility index (Phi) is 4.93. The Labute approximate surface area is 108 Å². The Bertz CT molecular complexity index is 453. The third kappa shape index (κ3) is 3.68. The maximum Gasteiger partial charge on any atom is 0.122 e. The van der Waals surface area contributed by atoms with Gasteiger partial charge < -0.3 is 14.6 Å². The van der Waals surface area contributed by atoms with E-state index in [1.165, 1.54) is 5.56 Å². The van der Waals surface area contributed by atoms with E-state index in [2.05, 4.69) is 39.1 Å². The molecule has 0 unspecified atom stereocenters. The first kappa shape index (κ1) is 12.8. The van der Waals surface area contributed by atoms with Crippen molar-refractivity contribution in [3.05, 3.63) is 54.1 Å². The molecule has 2 aromatic rings. The molecular weight excluding hydrogens is 226 g/mol. The summed E-state index contributed by atoms with van der Waals surface area (Å²) in [6.45, 7) is 3.19. The number of hydrogen-bond acceptors (Lipinski definition) is 3. The Morgan fingerprint density at radius 1 is 1.28 bits per heavy atom. The molecule has 0 bridgehead atoms. The second-order valence-electron chi connectivity index (χ2n) is 4.13. The van der Waals surface area contributed by atoms with Crippen LogP contribution in [0.15, 0.2) is 42.7 Å². The lowest BCUT2D eigenvalue weighted by atomic mass is 10.2. The van der Waals surface area contributed by atoms with Crippen molar-refractivity contribution in [2.75, 3.05) is 20.3 Å². The topological polar surface area (TPSA) is 39.1 Å². The summed E-state index contributed by atoms with van der Waals surface area (Å²) in [5, 5.41) is 3.31. The van der Waals surface area contributed by atoms with Gasteiger partial charge in [0.05, 0.1) is 13.2 Å². The van der Waals surface area contributed by atoms with Gasteiger partial charge in [-0.25, -0.2) is 4.98 Å². The van der Waals surface area contributed by atoms with Gasteiger partial charge in [0.2, 0.25) is 0 Å². The molecule has 4 heteroatoms. The molecule has 0 spiro atoms. The van der Waals surface area contributed by atoms with Crippen molar-refractivity contribution in [1.29, 1.82) is 0 Å². The highest BCUT2D eigenvalue weighted by Crippen LogP contribution is 2.05. The summed E-state index contributed by atoms with van der Waals surface area (Å²) in [4.78, 5) is 4.37. The minimum atomic E-state index is 0.722. The summed E-state index contributed by atoms with van der Waals surface area (Å²) in [6, 6.07) is 10.4. The fraction of sp³-hybridized carbons (Fsp3) is 0.357. The lowest BCUT2D eigenvalue weighted by molar-refractivity contribution is 0.199.